The highest BCUT2D eigenvalue weighted by atomic mass is 14.8. The van der Waals surface area contributed by atoms with Crippen molar-refractivity contribution in [2.75, 3.05) is 5.73 Å². The molecule has 0 radical (unpaired) electrons. The zero-order valence-corrected chi connectivity index (χ0v) is 10.1. The Balaban J connectivity index is 2.14. The summed E-state index contributed by atoms with van der Waals surface area (Å²) < 4.78 is 0. The predicted octanol–water partition coefficient (Wildman–Crippen LogP) is 2.77. The summed E-state index contributed by atoms with van der Waals surface area (Å²) in [5.74, 6) is 0. The van der Waals surface area contributed by atoms with Crippen molar-refractivity contribution < 1.29 is 0 Å². The highest BCUT2D eigenvalue weighted by molar-refractivity contribution is 5.84. The number of anilines is 1. The minimum Gasteiger partial charge on any atom is -0.397 e. The van der Waals surface area contributed by atoms with Gasteiger partial charge in [0, 0.05) is 23.3 Å². The lowest BCUT2D eigenvalue weighted by Gasteiger charge is -2.02. The molecule has 0 aliphatic heterocycles. The molecule has 18 heavy (non-hydrogen) atoms. The van der Waals surface area contributed by atoms with Crippen LogP contribution in [0.3, 0.4) is 0 Å². The number of pyridine rings is 2. The van der Waals surface area contributed by atoms with E-state index in [9.17, 15) is 0 Å². The normalized spacial score (nSPS) is 10.9. The molecule has 3 rings (SSSR count). The van der Waals surface area contributed by atoms with Crippen LogP contribution < -0.4 is 5.73 Å². The Morgan fingerprint density at radius 2 is 2.11 bits per heavy atom. The first-order valence-corrected chi connectivity index (χ1v) is 5.96. The molecule has 0 unspecified atom stereocenters. The van der Waals surface area contributed by atoms with Gasteiger partial charge in [0.15, 0.2) is 0 Å². The second-order valence-corrected chi connectivity index (χ2v) is 4.26. The van der Waals surface area contributed by atoms with Crippen molar-refractivity contribution in [2.24, 2.45) is 0 Å². The van der Waals surface area contributed by atoms with E-state index >= 15 is 0 Å². The molecule has 0 aliphatic rings. The number of nitrogen functional groups attached to an aromatic ring is 1. The lowest BCUT2D eigenvalue weighted by molar-refractivity contribution is 1.15. The number of nitrogens with zero attached hydrogens (tertiary/aromatic N) is 2. The summed E-state index contributed by atoms with van der Waals surface area (Å²) in [6.45, 7) is 2.14. The number of hydrogen-bond acceptors (Lipinski definition) is 3. The molecule has 0 spiro atoms. The quantitative estimate of drug-likeness (QED) is 0.721. The first-order chi connectivity index (χ1) is 8.78. The smallest absolute Gasteiger partial charge is 0.137 e. The average molecular weight is 238 g/mol. The fourth-order valence-corrected chi connectivity index (χ4v) is 2.07. The van der Waals surface area contributed by atoms with E-state index in [1.807, 2.05) is 24.5 Å². The Morgan fingerprint density at radius 1 is 1.22 bits per heavy atom. The van der Waals surface area contributed by atoms with E-state index in [-0.39, 0.29) is 0 Å². The van der Waals surface area contributed by atoms with Crippen LogP contribution in [0, 0.1) is 0 Å². The molecular weight excluding hydrogens is 224 g/mol. The third-order valence-electron chi connectivity index (χ3n) is 3.08. The van der Waals surface area contributed by atoms with Crippen LogP contribution >= 0.6 is 0 Å². The Labute approximate surface area is 105 Å². The fraction of sp³-hybridized carbons (Fsp3) is 0.143. The zero-order chi connectivity index (χ0) is 12.5. The number of aryl methyl sites for hydroxylation is 1. The van der Waals surface area contributed by atoms with Gasteiger partial charge in [0.2, 0.25) is 0 Å². The maximum absolute atomic E-state index is 5.64. The minimum absolute atomic E-state index is 0.670. The predicted molar refractivity (Wildman–Crippen MR) is 73.1 cm³/mol. The number of fused-ring (bicyclic) bond motifs is 1. The molecule has 0 aliphatic carbocycles. The van der Waals surface area contributed by atoms with Gasteiger partial charge < -0.3 is 10.7 Å². The van der Waals surface area contributed by atoms with Gasteiger partial charge in [-0.2, -0.15) is 0 Å². The Bertz CT molecular complexity index is 683. The van der Waals surface area contributed by atoms with Gasteiger partial charge in [-0.3, -0.25) is 4.98 Å². The van der Waals surface area contributed by atoms with E-state index in [2.05, 4.69) is 27.9 Å². The van der Waals surface area contributed by atoms with Crippen LogP contribution in [0.4, 0.5) is 5.69 Å². The maximum Gasteiger partial charge on any atom is 0.137 e. The standard InChI is InChI=1S/C14H14N4/c1-2-9-6-17-14-12(9)5-10(7-18-14)13-4-3-11(15)8-16-13/h3-8H,2,15H2,1H3,(H,17,18). The van der Waals surface area contributed by atoms with E-state index < -0.39 is 0 Å². The number of hydrogen-bond donors (Lipinski definition) is 2. The topological polar surface area (TPSA) is 67.6 Å². The molecular formula is C14H14N4. The molecule has 0 aromatic carbocycles. The van der Waals surface area contributed by atoms with Gasteiger partial charge in [0.05, 0.1) is 17.6 Å². The molecule has 4 heteroatoms. The lowest BCUT2D eigenvalue weighted by atomic mass is 10.1. The molecule has 0 fully saturated rings. The Kier molecular flexibility index (Phi) is 2.48. The number of H-pyrrole nitrogens is 1. The number of aromatic nitrogens is 3. The van der Waals surface area contributed by atoms with E-state index in [0.29, 0.717) is 5.69 Å². The minimum atomic E-state index is 0.670. The maximum atomic E-state index is 5.64. The molecule has 3 N–H and O–H groups in total. The number of rotatable bonds is 2. The summed E-state index contributed by atoms with van der Waals surface area (Å²) in [7, 11) is 0. The molecule has 90 valence electrons. The summed E-state index contributed by atoms with van der Waals surface area (Å²) in [4.78, 5) is 11.9. The fourth-order valence-electron chi connectivity index (χ4n) is 2.07. The summed E-state index contributed by atoms with van der Waals surface area (Å²) in [5, 5.41) is 1.16. The molecule has 3 aromatic heterocycles. The second kappa shape index (κ2) is 4.14. The Morgan fingerprint density at radius 3 is 2.83 bits per heavy atom. The largest absolute Gasteiger partial charge is 0.397 e. The van der Waals surface area contributed by atoms with Crippen LogP contribution in [0.2, 0.25) is 0 Å². The van der Waals surface area contributed by atoms with Crippen LogP contribution in [-0.2, 0) is 6.42 Å². The van der Waals surface area contributed by atoms with Crippen molar-refractivity contribution in [1.29, 1.82) is 0 Å². The second-order valence-electron chi connectivity index (χ2n) is 4.26. The van der Waals surface area contributed by atoms with E-state index in [1.54, 1.807) is 6.20 Å². The first kappa shape index (κ1) is 10.8. The summed E-state index contributed by atoms with van der Waals surface area (Å²) in [6.07, 6.45) is 6.49. The average Bonchev–Trinajstić information content (AvgIpc) is 2.81. The Hall–Kier alpha value is -2.36. The van der Waals surface area contributed by atoms with Crippen LogP contribution in [0.1, 0.15) is 12.5 Å². The van der Waals surface area contributed by atoms with Gasteiger partial charge in [-0.05, 0) is 30.2 Å². The van der Waals surface area contributed by atoms with E-state index in [4.69, 9.17) is 5.73 Å². The lowest BCUT2D eigenvalue weighted by Crippen LogP contribution is -1.89. The number of nitrogens with two attached hydrogens (primary N) is 1. The molecule has 0 saturated carbocycles. The van der Waals surface area contributed by atoms with E-state index in [1.165, 1.54) is 5.56 Å². The van der Waals surface area contributed by atoms with Gasteiger partial charge in [-0.25, -0.2) is 4.98 Å². The van der Waals surface area contributed by atoms with Crippen molar-refractivity contribution >= 4 is 16.7 Å². The van der Waals surface area contributed by atoms with Crippen molar-refractivity contribution in [3.8, 4) is 11.3 Å². The molecule has 0 bridgehead atoms. The number of nitrogens with one attached hydrogen (secondary N) is 1. The van der Waals surface area contributed by atoms with Crippen LogP contribution in [0.15, 0.2) is 36.8 Å². The van der Waals surface area contributed by atoms with Gasteiger partial charge >= 0.3 is 0 Å². The molecule has 0 atom stereocenters. The van der Waals surface area contributed by atoms with Crippen molar-refractivity contribution in [2.45, 2.75) is 13.3 Å². The first-order valence-electron chi connectivity index (χ1n) is 5.96. The van der Waals surface area contributed by atoms with Crippen LogP contribution in [-0.4, -0.2) is 15.0 Å². The zero-order valence-electron chi connectivity index (χ0n) is 10.1. The highest BCUT2D eigenvalue weighted by Gasteiger charge is 2.06. The van der Waals surface area contributed by atoms with Gasteiger partial charge in [-0.15, -0.1) is 0 Å². The third kappa shape index (κ3) is 1.72. The molecule has 3 heterocycles. The molecule has 0 saturated heterocycles. The van der Waals surface area contributed by atoms with E-state index in [0.717, 1.165) is 28.7 Å². The SMILES string of the molecule is CCc1c[nH]c2ncc(-c3ccc(N)cn3)cc12. The molecule has 4 nitrogen and oxygen atoms in total. The van der Waals surface area contributed by atoms with Gasteiger partial charge in [0.1, 0.15) is 5.65 Å². The number of aromatic amines is 1. The third-order valence-corrected chi connectivity index (χ3v) is 3.08. The van der Waals surface area contributed by atoms with Gasteiger partial charge in [0.25, 0.3) is 0 Å². The highest BCUT2D eigenvalue weighted by Crippen LogP contribution is 2.23. The summed E-state index contributed by atoms with van der Waals surface area (Å²) in [5.41, 5.74) is 10.4. The summed E-state index contributed by atoms with van der Waals surface area (Å²) >= 11 is 0. The molecule has 3 aromatic rings. The monoisotopic (exact) mass is 238 g/mol. The van der Waals surface area contributed by atoms with Crippen molar-refractivity contribution in [3.63, 3.8) is 0 Å². The van der Waals surface area contributed by atoms with Crippen LogP contribution in [0.25, 0.3) is 22.3 Å². The summed E-state index contributed by atoms with van der Waals surface area (Å²) in [6, 6.07) is 5.89. The van der Waals surface area contributed by atoms with Crippen LogP contribution in [0.5, 0.6) is 0 Å². The molecule has 0 amide bonds. The van der Waals surface area contributed by atoms with Gasteiger partial charge in [-0.1, -0.05) is 6.92 Å². The van der Waals surface area contributed by atoms with Crippen molar-refractivity contribution in [3.05, 3.63) is 42.4 Å². The van der Waals surface area contributed by atoms with Crippen molar-refractivity contribution in [1.82, 2.24) is 15.0 Å².